The molecule has 0 saturated heterocycles. The zero-order chi connectivity index (χ0) is 13.7. The number of imide groups is 1. The van der Waals surface area contributed by atoms with Crippen LogP contribution >= 0.6 is 0 Å². The van der Waals surface area contributed by atoms with E-state index in [4.69, 9.17) is 5.26 Å². The second-order valence-corrected chi connectivity index (χ2v) is 3.62. The molecule has 0 fully saturated rings. The minimum absolute atomic E-state index is 0.0258. The van der Waals surface area contributed by atoms with Gasteiger partial charge in [0.25, 0.3) is 11.7 Å². The third-order valence-corrected chi connectivity index (χ3v) is 2.23. The van der Waals surface area contributed by atoms with Crippen molar-refractivity contribution < 1.29 is 9.59 Å². The van der Waals surface area contributed by atoms with E-state index in [2.05, 4.69) is 15.4 Å². The van der Waals surface area contributed by atoms with Gasteiger partial charge in [-0.05, 0) is 12.1 Å². The van der Waals surface area contributed by atoms with Crippen LogP contribution in [0, 0.1) is 11.3 Å². The lowest BCUT2D eigenvalue weighted by atomic mass is 10.2. The first-order chi connectivity index (χ1) is 9.19. The molecule has 0 atom stereocenters. The first-order valence-corrected chi connectivity index (χ1v) is 5.38. The number of carbonyl (C=O) groups excluding carboxylic acids is 2. The molecule has 0 aliphatic rings. The molecule has 1 aromatic heterocycles. The smallest absolute Gasteiger partial charge is 0.257 e. The van der Waals surface area contributed by atoms with Crippen LogP contribution in [0.1, 0.15) is 16.2 Å². The summed E-state index contributed by atoms with van der Waals surface area (Å²) >= 11 is 0. The first-order valence-electron chi connectivity index (χ1n) is 5.38. The van der Waals surface area contributed by atoms with Crippen molar-refractivity contribution >= 4 is 11.8 Å². The van der Waals surface area contributed by atoms with Crippen LogP contribution in [0.3, 0.4) is 0 Å². The molecule has 2 amide bonds. The number of nitrogens with one attached hydrogen (secondary N) is 1. The van der Waals surface area contributed by atoms with Gasteiger partial charge in [-0.15, -0.1) is 5.10 Å². The van der Waals surface area contributed by atoms with Gasteiger partial charge in [-0.25, -0.2) is 9.67 Å². The van der Waals surface area contributed by atoms with Gasteiger partial charge in [-0.2, -0.15) is 5.26 Å². The quantitative estimate of drug-likeness (QED) is 0.838. The summed E-state index contributed by atoms with van der Waals surface area (Å²) in [5.74, 6) is -1.03. The predicted molar refractivity (Wildman–Crippen MR) is 63.7 cm³/mol. The van der Waals surface area contributed by atoms with Gasteiger partial charge in [-0.3, -0.25) is 14.9 Å². The number of nitriles is 1. The topological polar surface area (TPSA) is 101 Å². The lowest BCUT2D eigenvalue weighted by molar-refractivity contribution is -0.120. The Kier molecular flexibility index (Phi) is 3.64. The first kappa shape index (κ1) is 12.4. The van der Waals surface area contributed by atoms with Crippen LogP contribution in [0.2, 0.25) is 0 Å². The molecule has 0 bridgehead atoms. The van der Waals surface area contributed by atoms with E-state index in [9.17, 15) is 9.59 Å². The fraction of sp³-hybridized carbons (Fsp3) is 0.0833. The minimum atomic E-state index is -0.525. The number of benzene rings is 1. The summed E-state index contributed by atoms with van der Waals surface area (Å²) in [6.45, 7) is -0.173. The van der Waals surface area contributed by atoms with Crippen molar-refractivity contribution in [1.29, 1.82) is 5.26 Å². The van der Waals surface area contributed by atoms with Gasteiger partial charge in [0.05, 0.1) is 0 Å². The average molecular weight is 255 g/mol. The third kappa shape index (κ3) is 3.23. The Hall–Kier alpha value is -3.01. The summed E-state index contributed by atoms with van der Waals surface area (Å²) in [5.41, 5.74) is 0.396. The molecule has 7 nitrogen and oxygen atoms in total. The summed E-state index contributed by atoms with van der Waals surface area (Å²) in [5, 5.41) is 14.5. The number of hydrogen-bond acceptors (Lipinski definition) is 5. The highest BCUT2D eigenvalue weighted by molar-refractivity contribution is 6.04. The summed E-state index contributed by atoms with van der Waals surface area (Å²) < 4.78 is 1.19. The fourth-order valence-corrected chi connectivity index (χ4v) is 1.40. The van der Waals surface area contributed by atoms with Gasteiger partial charge in [0.1, 0.15) is 18.9 Å². The predicted octanol–water partition coefficient (Wildman–Crippen LogP) is 0.106. The summed E-state index contributed by atoms with van der Waals surface area (Å²) in [6.07, 6.45) is 1.26. The van der Waals surface area contributed by atoms with Crippen molar-refractivity contribution in [1.82, 2.24) is 20.1 Å². The fourth-order valence-electron chi connectivity index (χ4n) is 1.40. The van der Waals surface area contributed by atoms with Crippen LogP contribution < -0.4 is 5.32 Å². The number of amides is 2. The molecule has 19 heavy (non-hydrogen) atoms. The van der Waals surface area contributed by atoms with E-state index in [1.54, 1.807) is 36.4 Å². The van der Waals surface area contributed by atoms with Gasteiger partial charge < -0.3 is 0 Å². The molecular formula is C12H9N5O2. The number of hydrogen-bond donors (Lipinski definition) is 1. The summed E-state index contributed by atoms with van der Waals surface area (Å²) in [4.78, 5) is 26.9. The van der Waals surface area contributed by atoms with Gasteiger partial charge >= 0.3 is 0 Å². The molecule has 94 valence electrons. The molecule has 1 aromatic carbocycles. The number of nitrogens with zero attached hydrogens (tertiary/aromatic N) is 4. The van der Waals surface area contributed by atoms with E-state index in [-0.39, 0.29) is 12.4 Å². The van der Waals surface area contributed by atoms with E-state index in [0.29, 0.717) is 5.56 Å². The summed E-state index contributed by atoms with van der Waals surface area (Å²) in [7, 11) is 0. The van der Waals surface area contributed by atoms with Crippen LogP contribution in [0.15, 0.2) is 36.7 Å². The van der Waals surface area contributed by atoms with E-state index < -0.39 is 11.8 Å². The standard InChI is InChI=1S/C12H9N5O2/c13-6-10-14-8-17(16-10)7-11(18)15-12(19)9-4-2-1-3-5-9/h1-5,8H,7H2,(H,15,18,19). The molecule has 7 heteroatoms. The highest BCUT2D eigenvalue weighted by atomic mass is 16.2. The molecule has 0 aliphatic carbocycles. The molecule has 1 heterocycles. The van der Waals surface area contributed by atoms with Gasteiger partial charge in [0.15, 0.2) is 0 Å². The Bertz CT molecular complexity index is 642. The van der Waals surface area contributed by atoms with Gasteiger partial charge in [0.2, 0.25) is 5.91 Å². The van der Waals surface area contributed by atoms with Crippen LogP contribution in [0.25, 0.3) is 0 Å². The monoisotopic (exact) mass is 255 g/mol. The van der Waals surface area contributed by atoms with Crippen LogP contribution in [0.5, 0.6) is 0 Å². The van der Waals surface area contributed by atoms with E-state index in [1.807, 2.05) is 0 Å². The van der Waals surface area contributed by atoms with Crippen molar-refractivity contribution in [2.75, 3.05) is 0 Å². The SMILES string of the molecule is N#Cc1ncn(CC(=O)NC(=O)c2ccccc2)n1. The molecule has 0 radical (unpaired) electrons. The van der Waals surface area contributed by atoms with Crippen molar-refractivity contribution in [2.24, 2.45) is 0 Å². The van der Waals surface area contributed by atoms with Crippen molar-refractivity contribution in [3.63, 3.8) is 0 Å². The molecule has 0 spiro atoms. The number of aromatic nitrogens is 3. The maximum absolute atomic E-state index is 11.7. The number of rotatable bonds is 3. The zero-order valence-corrected chi connectivity index (χ0v) is 9.78. The lowest BCUT2D eigenvalue weighted by Gasteiger charge is -2.03. The van der Waals surface area contributed by atoms with Gasteiger partial charge in [-0.1, -0.05) is 18.2 Å². The van der Waals surface area contributed by atoms with Crippen LogP contribution in [0.4, 0.5) is 0 Å². The molecule has 0 unspecified atom stereocenters. The van der Waals surface area contributed by atoms with Crippen molar-refractivity contribution in [2.45, 2.75) is 6.54 Å². The zero-order valence-electron chi connectivity index (χ0n) is 9.78. The normalized spacial score (nSPS) is 9.63. The second kappa shape index (κ2) is 5.55. The Morgan fingerprint density at radius 1 is 1.32 bits per heavy atom. The van der Waals surface area contributed by atoms with E-state index >= 15 is 0 Å². The van der Waals surface area contributed by atoms with Crippen LogP contribution in [-0.2, 0) is 11.3 Å². The average Bonchev–Trinajstić information content (AvgIpc) is 2.87. The van der Waals surface area contributed by atoms with E-state index in [1.165, 1.54) is 11.0 Å². The Balaban J connectivity index is 1.95. The van der Waals surface area contributed by atoms with Crippen molar-refractivity contribution in [3.05, 3.63) is 48.0 Å². The highest BCUT2D eigenvalue weighted by Crippen LogP contribution is 1.97. The molecule has 2 aromatic rings. The molecule has 1 N–H and O–H groups in total. The molecule has 0 aliphatic heterocycles. The Morgan fingerprint density at radius 2 is 2.05 bits per heavy atom. The third-order valence-electron chi connectivity index (χ3n) is 2.23. The summed E-state index contributed by atoms with van der Waals surface area (Å²) in [6, 6.07) is 10.1. The highest BCUT2D eigenvalue weighted by Gasteiger charge is 2.11. The Labute approximate surface area is 108 Å². The van der Waals surface area contributed by atoms with Crippen molar-refractivity contribution in [3.8, 4) is 6.07 Å². The molecular weight excluding hydrogens is 246 g/mol. The van der Waals surface area contributed by atoms with Crippen LogP contribution in [-0.4, -0.2) is 26.6 Å². The lowest BCUT2D eigenvalue weighted by Crippen LogP contribution is -2.33. The Morgan fingerprint density at radius 3 is 2.68 bits per heavy atom. The molecule has 0 saturated carbocycles. The second-order valence-electron chi connectivity index (χ2n) is 3.62. The largest absolute Gasteiger partial charge is 0.291 e. The maximum Gasteiger partial charge on any atom is 0.257 e. The maximum atomic E-state index is 11.7. The van der Waals surface area contributed by atoms with E-state index in [0.717, 1.165) is 0 Å². The molecule has 2 rings (SSSR count). The minimum Gasteiger partial charge on any atom is -0.291 e. The number of carbonyl (C=O) groups is 2. The van der Waals surface area contributed by atoms with Gasteiger partial charge in [0, 0.05) is 5.56 Å².